The highest BCUT2D eigenvalue weighted by molar-refractivity contribution is 7.54. The first-order valence-electron chi connectivity index (χ1n) is 14.8. The van der Waals surface area contributed by atoms with Crippen molar-refractivity contribution in [1.82, 2.24) is 25.0 Å². The fourth-order valence-electron chi connectivity index (χ4n) is 4.68. The van der Waals surface area contributed by atoms with E-state index in [4.69, 9.17) is 38.6 Å². The quantitative estimate of drug-likeness (QED) is 0.0725. The molecule has 0 saturated carbocycles. The van der Waals surface area contributed by atoms with Gasteiger partial charge in [0.25, 0.3) is 5.91 Å². The molecule has 1 aromatic heterocycles. The summed E-state index contributed by atoms with van der Waals surface area (Å²) in [6.07, 6.45) is 0.788. The first-order valence-corrected chi connectivity index (χ1v) is 17.4. The molecule has 1 fully saturated rings. The molecule has 18 nitrogen and oxygen atoms in total. The summed E-state index contributed by atoms with van der Waals surface area (Å²) in [4.78, 5) is 65.7. The lowest BCUT2D eigenvalue weighted by molar-refractivity contribution is -0.140. The Kier molecular flexibility index (Phi) is 14.9. The van der Waals surface area contributed by atoms with Crippen LogP contribution in [-0.2, 0) is 23.5 Å². The predicted molar refractivity (Wildman–Crippen MR) is 180 cm³/mol. The zero-order valence-corrected chi connectivity index (χ0v) is 28.1. The van der Waals surface area contributed by atoms with Gasteiger partial charge in [0.15, 0.2) is 5.69 Å². The number of benzene rings is 1. The number of nitrogens with zero attached hydrogens (tertiary/aromatic N) is 3. The van der Waals surface area contributed by atoms with Crippen LogP contribution >= 0.6 is 30.9 Å². The van der Waals surface area contributed by atoms with Gasteiger partial charge in [0.05, 0.1) is 12.6 Å². The summed E-state index contributed by atoms with van der Waals surface area (Å²) in [7, 11) is -2.84. The number of alkyl halides is 2. The molecular weight excluding hydrogens is 696 g/mol. The average molecular weight is 735 g/mol. The fraction of sp³-hybridized carbons (Fsp3) is 0.481. The minimum atomic E-state index is -2.84. The average Bonchev–Trinajstić information content (AvgIpc) is 3.05. The van der Waals surface area contributed by atoms with Crippen LogP contribution < -0.4 is 37.2 Å². The molecule has 2 aliphatic rings. The number of anilines is 4. The molecule has 9 N–H and O–H groups in total. The van der Waals surface area contributed by atoms with Gasteiger partial charge in [0.1, 0.15) is 11.9 Å². The molecule has 21 heteroatoms. The summed E-state index contributed by atoms with van der Waals surface area (Å²) >= 11 is 11.2. The van der Waals surface area contributed by atoms with E-state index in [2.05, 4.69) is 31.0 Å². The van der Waals surface area contributed by atoms with Crippen molar-refractivity contribution in [2.24, 2.45) is 0 Å². The SMILES string of the molecule is Nc1nc(=O)c2c([nH]1)NCC(CNc1ccc(C(=O)N[C@@H](CCC(=O)O)C(=O)O)cc1)N2C=O.O=P1(N(CCCl)CCCl)NCCCO1. The molecule has 2 aliphatic heterocycles. The zero-order valence-electron chi connectivity index (χ0n) is 25.7. The summed E-state index contributed by atoms with van der Waals surface area (Å²) in [6, 6.07) is 4.36. The van der Waals surface area contributed by atoms with Crippen molar-refractivity contribution in [1.29, 1.82) is 0 Å². The molecule has 0 bridgehead atoms. The monoisotopic (exact) mass is 733 g/mol. The van der Waals surface area contributed by atoms with Gasteiger partial charge in [0, 0.05) is 62.2 Å². The molecule has 0 spiro atoms. The van der Waals surface area contributed by atoms with Crippen molar-refractivity contribution in [2.75, 3.05) is 72.4 Å². The van der Waals surface area contributed by atoms with Crippen LogP contribution in [0.15, 0.2) is 29.1 Å². The van der Waals surface area contributed by atoms with E-state index in [0.29, 0.717) is 55.9 Å². The molecule has 4 rings (SSSR count). The van der Waals surface area contributed by atoms with Crippen LogP contribution in [0.25, 0.3) is 0 Å². The van der Waals surface area contributed by atoms with Crippen LogP contribution in [-0.4, -0.2) is 112 Å². The van der Waals surface area contributed by atoms with Gasteiger partial charge in [0.2, 0.25) is 12.4 Å². The smallest absolute Gasteiger partial charge is 0.343 e. The topological polar surface area (TPSA) is 261 Å². The standard InChI is InChI=1S/C20H23N7O7.C7H15Cl2N2O2P/c21-20-25-16-15(18(32)26-20)27(9-28)12(8-23-16)7-22-11-3-1-10(2-4-11)17(31)24-13(19(33)34)5-6-14(29)30;8-2-5-11(6-3-9)14(12)10-4-1-7-13-14/h1-4,9,12-13,22H,5-8H2,(H,24,31)(H,29,30)(H,33,34)(H4,21,23,25,26,32);1-7H2,(H,10,12)/t12?,13-;/m0./s1. The minimum Gasteiger partial charge on any atom is -0.481 e. The Morgan fingerprint density at radius 3 is 2.46 bits per heavy atom. The van der Waals surface area contributed by atoms with E-state index in [1.165, 1.54) is 17.0 Å². The number of carbonyl (C=O) groups is 4. The number of halogens is 2. The fourth-order valence-corrected chi connectivity index (χ4v) is 7.32. The van der Waals surface area contributed by atoms with E-state index in [0.717, 1.165) is 13.0 Å². The third kappa shape index (κ3) is 10.8. The highest BCUT2D eigenvalue weighted by atomic mass is 35.5. The molecule has 3 atom stereocenters. The number of nitrogens with two attached hydrogens (primary N) is 1. The van der Waals surface area contributed by atoms with Gasteiger partial charge < -0.3 is 46.3 Å². The van der Waals surface area contributed by atoms with Crippen LogP contribution in [0.3, 0.4) is 0 Å². The van der Waals surface area contributed by atoms with Crippen LogP contribution in [0, 0.1) is 0 Å². The molecule has 1 saturated heterocycles. The molecule has 2 amide bonds. The van der Waals surface area contributed by atoms with Gasteiger partial charge in [-0.1, -0.05) is 0 Å². The summed E-state index contributed by atoms with van der Waals surface area (Å²) in [5.41, 5.74) is 5.74. The lowest BCUT2D eigenvalue weighted by Gasteiger charge is -2.34. The Bertz CT molecular complexity index is 1520. The summed E-state index contributed by atoms with van der Waals surface area (Å²) in [5.74, 6) is -2.07. The van der Waals surface area contributed by atoms with E-state index in [9.17, 15) is 33.6 Å². The molecular formula is C27H38Cl2N9O9P. The highest BCUT2D eigenvalue weighted by Gasteiger charge is 2.33. The number of carboxylic acids is 2. The maximum atomic E-state index is 12.3. The highest BCUT2D eigenvalue weighted by Crippen LogP contribution is 2.48. The number of fused-ring (bicyclic) bond motifs is 1. The Morgan fingerprint density at radius 1 is 1.21 bits per heavy atom. The number of hydrogen-bond donors (Lipinski definition) is 8. The number of aromatic amines is 1. The number of aromatic nitrogens is 2. The van der Waals surface area contributed by atoms with Crippen molar-refractivity contribution in [3.05, 3.63) is 40.2 Å². The number of carboxylic acid groups (broad SMARTS) is 2. The first kappa shape index (κ1) is 38.5. The van der Waals surface area contributed by atoms with Crippen LogP contribution in [0.5, 0.6) is 0 Å². The van der Waals surface area contributed by atoms with Gasteiger partial charge in [-0.3, -0.25) is 23.7 Å². The number of hydrogen-bond acceptors (Lipinski definition) is 11. The van der Waals surface area contributed by atoms with Crippen molar-refractivity contribution in [3.8, 4) is 0 Å². The Morgan fingerprint density at radius 2 is 1.90 bits per heavy atom. The second-order valence-corrected chi connectivity index (χ2v) is 13.3. The van der Waals surface area contributed by atoms with Crippen molar-refractivity contribution >= 4 is 78.3 Å². The number of H-pyrrole nitrogens is 1. The molecule has 0 radical (unpaired) electrons. The number of nitrogen functional groups attached to an aromatic ring is 1. The van der Waals surface area contributed by atoms with Crippen molar-refractivity contribution in [2.45, 2.75) is 31.3 Å². The second kappa shape index (κ2) is 18.6. The summed E-state index contributed by atoms with van der Waals surface area (Å²) in [6.45, 7) is 2.89. The van der Waals surface area contributed by atoms with Crippen LogP contribution in [0.2, 0.25) is 0 Å². The number of nitrogens with one attached hydrogen (secondary N) is 5. The minimum absolute atomic E-state index is 0.0603. The van der Waals surface area contributed by atoms with Crippen LogP contribution in [0.4, 0.5) is 23.1 Å². The third-order valence-corrected chi connectivity index (χ3v) is 9.73. The lowest BCUT2D eigenvalue weighted by Crippen LogP contribution is -2.50. The van der Waals surface area contributed by atoms with Crippen molar-refractivity contribution < 1.29 is 38.5 Å². The van der Waals surface area contributed by atoms with Gasteiger partial charge in [-0.05, 0) is 37.1 Å². The normalized spacial score (nSPS) is 19.1. The molecule has 2 unspecified atom stereocenters. The van der Waals surface area contributed by atoms with Gasteiger partial charge in [-0.2, -0.15) is 4.98 Å². The third-order valence-electron chi connectivity index (χ3n) is 7.09. The van der Waals surface area contributed by atoms with Crippen molar-refractivity contribution in [3.63, 3.8) is 0 Å². The maximum absolute atomic E-state index is 12.3. The van der Waals surface area contributed by atoms with Gasteiger partial charge >= 0.3 is 25.2 Å². The Labute approximate surface area is 285 Å². The predicted octanol–water partition coefficient (Wildman–Crippen LogP) is 1.15. The molecule has 48 heavy (non-hydrogen) atoms. The Hall–Kier alpha value is -3.93. The zero-order chi connectivity index (χ0) is 35.3. The number of rotatable bonds is 15. The molecule has 2 aromatic rings. The van der Waals surface area contributed by atoms with Gasteiger partial charge in [-0.25, -0.2) is 14.6 Å². The molecule has 264 valence electrons. The number of aliphatic carboxylic acids is 2. The summed E-state index contributed by atoms with van der Waals surface area (Å²) in [5, 5.41) is 29.2. The lowest BCUT2D eigenvalue weighted by atomic mass is 10.1. The summed E-state index contributed by atoms with van der Waals surface area (Å²) < 4.78 is 19.2. The van der Waals surface area contributed by atoms with E-state index >= 15 is 0 Å². The van der Waals surface area contributed by atoms with E-state index < -0.39 is 49.6 Å². The number of amides is 2. The van der Waals surface area contributed by atoms with Crippen LogP contribution in [0.1, 0.15) is 29.6 Å². The molecule has 3 heterocycles. The number of carbonyl (C=O) groups excluding carboxylic acids is 2. The first-order chi connectivity index (χ1) is 22.9. The largest absolute Gasteiger partial charge is 0.481 e. The van der Waals surface area contributed by atoms with Gasteiger partial charge in [-0.15, -0.1) is 23.2 Å². The maximum Gasteiger partial charge on any atom is 0.343 e. The Balaban J connectivity index is 0.000000373. The second-order valence-electron chi connectivity index (χ2n) is 10.4. The van der Waals surface area contributed by atoms with E-state index in [-0.39, 0.29) is 30.2 Å². The molecule has 1 aromatic carbocycles. The van der Waals surface area contributed by atoms with E-state index in [1.807, 2.05) is 0 Å². The molecule has 0 aliphatic carbocycles. The van der Waals surface area contributed by atoms with E-state index in [1.54, 1.807) is 16.8 Å².